The topological polar surface area (TPSA) is 59.5 Å². The zero-order valence-electron chi connectivity index (χ0n) is 15.5. The van der Waals surface area contributed by atoms with Gasteiger partial charge in [-0.15, -0.1) is 0 Å². The number of ether oxygens (including phenoxy) is 1. The monoisotopic (exact) mass is 386 g/mol. The fourth-order valence-corrected chi connectivity index (χ4v) is 3.42. The maximum Gasteiger partial charge on any atom is 0.223 e. The second-order valence-electron chi connectivity index (χ2n) is 7.34. The second-order valence-corrected chi connectivity index (χ2v) is 7.77. The smallest absolute Gasteiger partial charge is 0.223 e. The van der Waals surface area contributed by atoms with E-state index in [0.29, 0.717) is 23.7 Å². The van der Waals surface area contributed by atoms with Crippen LogP contribution in [0.1, 0.15) is 48.7 Å². The number of pyridine rings is 1. The highest BCUT2D eigenvalue weighted by Crippen LogP contribution is 2.32. The number of carbonyl (C=O) groups is 2. The third-order valence-corrected chi connectivity index (χ3v) is 5.02. The minimum absolute atomic E-state index is 0.0485. The van der Waals surface area contributed by atoms with E-state index in [1.54, 1.807) is 18.3 Å². The summed E-state index contributed by atoms with van der Waals surface area (Å²) in [4.78, 5) is 30.9. The number of ketones is 1. The van der Waals surface area contributed by atoms with E-state index in [0.717, 1.165) is 5.56 Å². The summed E-state index contributed by atoms with van der Waals surface area (Å²) in [6.45, 7) is 4.81. The first-order valence-electron chi connectivity index (χ1n) is 8.97. The van der Waals surface area contributed by atoms with E-state index in [4.69, 9.17) is 16.3 Å². The molecule has 1 aromatic heterocycles. The number of morpholine rings is 1. The van der Waals surface area contributed by atoms with Gasteiger partial charge < -0.3 is 9.64 Å². The molecule has 0 N–H and O–H groups in total. The first-order chi connectivity index (χ1) is 12.9. The predicted molar refractivity (Wildman–Crippen MR) is 104 cm³/mol. The normalized spacial score (nSPS) is 18.9. The molecule has 2 heterocycles. The van der Waals surface area contributed by atoms with Crippen molar-refractivity contribution in [2.75, 3.05) is 13.2 Å². The lowest BCUT2D eigenvalue weighted by molar-refractivity contribution is -0.154. The van der Waals surface area contributed by atoms with Gasteiger partial charge in [-0.05, 0) is 43.7 Å². The molecule has 2 aromatic rings. The number of carbonyl (C=O) groups excluding carboxylic acids is 2. The SMILES string of the molecule is CC1(C)COC(c2cccc(Cl)c2)CN1C(=O)CCC(=O)c1cccnc1. The van der Waals surface area contributed by atoms with Gasteiger partial charge >= 0.3 is 0 Å². The Bertz CT molecular complexity index is 823. The molecule has 1 saturated heterocycles. The highest BCUT2D eigenvalue weighted by molar-refractivity contribution is 6.30. The van der Waals surface area contributed by atoms with Crippen LogP contribution in [-0.4, -0.2) is 40.3 Å². The molecule has 0 spiro atoms. The zero-order valence-corrected chi connectivity index (χ0v) is 16.3. The summed E-state index contributed by atoms with van der Waals surface area (Å²) >= 11 is 6.08. The van der Waals surface area contributed by atoms with Gasteiger partial charge in [0.15, 0.2) is 5.78 Å². The Morgan fingerprint density at radius 3 is 2.78 bits per heavy atom. The zero-order chi connectivity index (χ0) is 19.4. The van der Waals surface area contributed by atoms with Crippen molar-refractivity contribution >= 4 is 23.3 Å². The Hall–Kier alpha value is -2.24. The van der Waals surface area contributed by atoms with E-state index in [-0.39, 0.29) is 30.6 Å². The van der Waals surface area contributed by atoms with Crippen molar-refractivity contribution in [3.63, 3.8) is 0 Å². The van der Waals surface area contributed by atoms with E-state index < -0.39 is 5.54 Å². The third kappa shape index (κ3) is 4.73. The van der Waals surface area contributed by atoms with Crippen LogP contribution in [0.3, 0.4) is 0 Å². The van der Waals surface area contributed by atoms with Crippen LogP contribution in [0, 0.1) is 0 Å². The molecule has 27 heavy (non-hydrogen) atoms. The number of hydrogen-bond acceptors (Lipinski definition) is 4. The van der Waals surface area contributed by atoms with Gasteiger partial charge in [-0.3, -0.25) is 14.6 Å². The van der Waals surface area contributed by atoms with E-state index in [2.05, 4.69) is 4.98 Å². The predicted octanol–water partition coefficient (Wildman–Crippen LogP) is 4.08. The molecule has 0 bridgehead atoms. The summed E-state index contributed by atoms with van der Waals surface area (Å²) in [7, 11) is 0. The van der Waals surface area contributed by atoms with Crippen molar-refractivity contribution in [3.8, 4) is 0 Å². The van der Waals surface area contributed by atoms with Crippen LogP contribution in [0.25, 0.3) is 0 Å². The molecule has 1 amide bonds. The molecular weight excluding hydrogens is 364 g/mol. The highest BCUT2D eigenvalue weighted by atomic mass is 35.5. The molecule has 6 heteroatoms. The lowest BCUT2D eigenvalue weighted by atomic mass is 9.97. The second kappa shape index (κ2) is 8.19. The van der Waals surface area contributed by atoms with Gasteiger partial charge in [-0.1, -0.05) is 23.7 Å². The molecular formula is C21H23ClN2O3. The molecule has 0 saturated carbocycles. The van der Waals surface area contributed by atoms with Gasteiger partial charge in [0, 0.05) is 35.8 Å². The van der Waals surface area contributed by atoms with Crippen molar-refractivity contribution in [1.82, 2.24) is 9.88 Å². The van der Waals surface area contributed by atoms with Gasteiger partial charge in [0.25, 0.3) is 0 Å². The molecule has 5 nitrogen and oxygen atoms in total. The Kier molecular flexibility index (Phi) is 5.92. The lowest BCUT2D eigenvalue weighted by Gasteiger charge is -2.45. The summed E-state index contributed by atoms with van der Waals surface area (Å²) in [5.74, 6) is -0.124. The van der Waals surface area contributed by atoms with Crippen LogP contribution in [-0.2, 0) is 9.53 Å². The van der Waals surface area contributed by atoms with Crippen LogP contribution in [0.4, 0.5) is 0 Å². The Morgan fingerprint density at radius 1 is 1.26 bits per heavy atom. The minimum Gasteiger partial charge on any atom is -0.369 e. The number of Topliss-reactive ketones (excluding diaryl/α,β-unsaturated/α-hetero) is 1. The van der Waals surface area contributed by atoms with E-state index in [1.807, 2.05) is 43.0 Å². The number of nitrogens with zero attached hydrogens (tertiary/aromatic N) is 2. The van der Waals surface area contributed by atoms with Gasteiger partial charge in [0.1, 0.15) is 6.10 Å². The first-order valence-corrected chi connectivity index (χ1v) is 9.35. The molecule has 0 radical (unpaired) electrons. The lowest BCUT2D eigenvalue weighted by Crippen LogP contribution is -2.56. The highest BCUT2D eigenvalue weighted by Gasteiger charge is 2.38. The van der Waals surface area contributed by atoms with Crippen LogP contribution >= 0.6 is 11.6 Å². The maximum absolute atomic E-state index is 12.9. The molecule has 1 atom stereocenters. The summed E-state index contributed by atoms with van der Waals surface area (Å²) in [5.41, 5.74) is 1.05. The molecule has 3 rings (SSSR count). The van der Waals surface area contributed by atoms with Crippen molar-refractivity contribution in [2.45, 2.75) is 38.3 Å². The van der Waals surface area contributed by atoms with E-state index in [9.17, 15) is 9.59 Å². The largest absolute Gasteiger partial charge is 0.369 e. The number of benzene rings is 1. The molecule has 0 aliphatic carbocycles. The molecule has 1 unspecified atom stereocenters. The van der Waals surface area contributed by atoms with Crippen molar-refractivity contribution < 1.29 is 14.3 Å². The fraction of sp³-hybridized carbons (Fsp3) is 0.381. The van der Waals surface area contributed by atoms with Gasteiger partial charge in [0.05, 0.1) is 18.7 Å². The summed E-state index contributed by atoms with van der Waals surface area (Å²) in [6.07, 6.45) is 3.25. The first kappa shape index (κ1) is 19.5. The van der Waals surface area contributed by atoms with E-state index in [1.165, 1.54) is 6.20 Å². The third-order valence-electron chi connectivity index (χ3n) is 4.79. The number of halogens is 1. The minimum atomic E-state index is -0.427. The van der Waals surface area contributed by atoms with Crippen molar-refractivity contribution in [2.24, 2.45) is 0 Å². The van der Waals surface area contributed by atoms with Crippen LogP contribution in [0.2, 0.25) is 5.02 Å². The average Bonchev–Trinajstić information content (AvgIpc) is 2.66. The van der Waals surface area contributed by atoms with Crippen molar-refractivity contribution in [3.05, 3.63) is 64.9 Å². The van der Waals surface area contributed by atoms with Crippen LogP contribution in [0.15, 0.2) is 48.8 Å². The number of amides is 1. The maximum atomic E-state index is 12.9. The van der Waals surface area contributed by atoms with Gasteiger partial charge in [-0.2, -0.15) is 0 Å². The molecule has 1 fully saturated rings. The summed E-state index contributed by atoms with van der Waals surface area (Å²) in [5, 5.41) is 0.640. The van der Waals surface area contributed by atoms with Crippen LogP contribution < -0.4 is 0 Å². The summed E-state index contributed by atoms with van der Waals surface area (Å²) < 4.78 is 5.98. The number of aromatic nitrogens is 1. The standard InChI is InChI=1S/C21H23ClN2O3/c1-21(2)14-27-19(15-5-3-7-17(22)11-15)13-24(21)20(26)9-8-18(25)16-6-4-10-23-12-16/h3-7,10-12,19H,8-9,13-14H2,1-2H3. The van der Waals surface area contributed by atoms with Crippen molar-refractivity contribution in [1.29, 1.82) is 0 Å². The Balaban J connectivity index is 1.67. The van der Waals surface area contributed by atoms with E-state index >= 15 is 0 Å². The number of hydrogen-bond donors (Lipinski definition) is 0. The Morgan fingerprint density at radius 2 is 2.07 bits per heavy atom. The molecule has 1 aliphatic rings. The summed E-state index contributed by atoms with van der Waals surface area (Å²) in [6, 6.07) is 10.9. The molecule has 142 valence electrons. The van der Waals surface area contributed by atoms with Gasteiger partial charge in [-0.25, -0.2) is 0 Å². The van der Waals surface area contributed by atoms with Gasteiger partial charge in [0.2, 0.25) is 5.91 Å². The number of rotatable bonds is 5. The Labute approximate surface area is 164 Å². The fourth-order valence-electron chi connectivity index (χ4n) is 3.22. The quantitative estimate of drug-likeness (QED) is 0.726. The van der Waals surface area contributed by atoms with Crippen LogP contribution in [0.5, 0.6) is 0 Å². The molecule has 1 aromatic carbocycles. The average molecular weight is 387 g/mol. The molecule has 1 aliphatic heterocycles.